The Morgan fingerprint density at radius 3 is 1.20 bits per heavy atom. The molecule has 2 fully saturated rings. The van der Waals surface area contributed by atoms with Crippen LogP contribution in [0.25, 0.3) is 22.3 Å². The van der Waals surface area contributed by atoms with E-state index in [-0.39, 0.29) is 17.5 Å². The maximum absolute atomic E-state index is 2.65. The van der Waals surface area contributed by atoms with E-state index in [0.717, 1.165) is 0 Å². The largest absolute Gasteiger partial charge is 0.311 e. The molecule has 3 heteroatoms. The maximum atomic E-state index is 2.65. The van der Waals surface area contributed by atoms with Crippen molar-refractivity contribution in [2.24, 2.45) is 0 Å². The first kappa shape index (κ1) is 41.9. The summed E-state index contributed by atoms with van der Waals surface area (Å²) in [4.78, 5) is 5.31. The van der Waals surface area contributed by atoms with Crippen LogP contribution >= 0.6 is 0 Å². The van der Waals surface area contributed by atoms with Crippen LogP contribution in [0, 0.1) is 0 Å². The van der Waals surface area contributed by atoms with Gasteiger partial charge in [-0.1, -0.05) is 183 Å². The number of nitrogens with zero attached hydrogens (tertiary/aromatic N) is 2. The fourth-order valence-corrected chi connectivity index (χ4v) is 12.2. The lowest BCUT2D eigenvalue weighted by Crippen LogP contribution is -2.61. The molecule has 2 heterocycles. The van der Waals surface area contributed by atoms with Crippen LogP contribution < -0.4 is 26.2 Å². The van der Waals surface area contributed by atoms with E-state index in [9.17, 15) is 0 Å². The lowest BCUT2D eigenvalue weighted by Gasteiger charge is -2.45. The molecular weight excluding hydrogens is 784 g/mol. The van der Waals surface area contributed by atoms with Crippen molar-refractivity contribution in [3.63, 3.8) is 0 Å². The Labute approximate surface area is 389 Å². The number of fused-ring (bicyclic) bond motifs is 4. The first-order chi connectivity index (χ1) is 31.5. The van der Waals surface area contributed by atoms with Gasteiger partial charge in [-0.05, 0) is 158 Å². The average Bonchev–Trinajstić information content (AvgIpc) is 3.33. The quantitative estimate of drug-likeness (QED) is 0.154. The molecule has 2 nitrogen and oxygen atoms in total. The zero-order valence-corrected chi connectivity index (χ0v) is 39.6. The molecule has 2 aliphatic heterocycles. The Hall–Kier alpha value is -5.80. The Kier molecular flexibility index (Phi) is 10.7. The van der Waals surface area contributed by atoms with E-state index in [1.54, 1.807) is 0 Å². The number of rotatable bonds is 6. The van der Waals surface area contributed by atoms with Crippen LogP contribution in [0.2, 0.25) is 0 Å². The van der Waals surface area contributed by atoms with E-state index < -0.39 is 0 Å². The van der Waals surface area contributed by atoms with Gasteiger partial charge in [-0.3, -0.25) is 0 Å². The maximum Gasteiger partial charge on any atom is 0.252 e. The summed E-state index contributed by atoms with van der Waals surface area (Å²) in [6.45, 7) is 14.4. The summed E-state index contributed by atoms with van der Waals surface area (Å²) < 4.78 is 0. The number of hydrogen-bond donors (Lipinski definition) is 0. The second-order valence-corrected chi connectivity index (χ2v) is 21.8. The van der Waals surface area contributed by atoms with Gasteiger partial charge in [0, 0.05) is 34.1 Å². The molecule has 2 aliphatic carbocycles. The van der Waals surface area contributed by atoms with E-state index in [1.165, 1.54) is 159 Å². The van der Waals surface area contributed by atoms with Crippen molar-refractivity contribution in [3.05, 3.63) is 174 Å². The molecular formula is C62H65BN2. The zero-order valence-electron chi connectivity index (χ0n) is 39.6. The highest BCUT2D eigenvalue weighted by atomic mass is 15.2. The van der Waals surface area contributed by atoms with Crippen LogP contribution in [0.4, 0.5) is 34.1 Å². The van der Waals surface area contributed by atoms with Crippen LogP contribution in [0.3, 0.4) is 0 Å². The van der Waals surface area contributed by atoms with Crippen LogP contribution in [-0.2, 0) is 10.8 Å². The van der Waals surface area contributed by atoms with Crippen LogP contribution in [0.5, 0.6) is 0 Å². The Balaban J connectivity index is 1.23. The van der Waals surface area contributed by atoms with Crippen molar-refractivity contribution in [1.29, 1.82) is 0 Å². The van der Waals surface area contributed by atoms with Crippen LogP contribution in [0.15, 0.2) is 152 Å². The van der Waals surface area contributed by atoms with Crippen molar-refractivity contribution in [3.8, 4) is 22.3 Å². The molecule has 0 unspecified atom stereocenters. The molecule has 326 valence electrons. The van der Waals surface area contributed by atoms with Crippen LogP contribution in [-0.4, -0.2) is 6.71 Å². The number of hydrogen-bond acceptors (Lipinski definition) is 2. The van der Waals surface area contributed by atoms with Crippen molar-refractivity contribution in [2.45, 2.75) is 128 Å². The van der Waals surface area contributed by atoms with Gasteiger partial charge in [-0.2, -0.15) is 0 Å². The van der Waals surface area contributed by atoms with Gasteiger partial charge in [0.05, 0.1) is 0 Å². The topological polar surface area (TPSA) is 6.48 Å². The average molecular weight is 849 g/mol. The molecule has 4 aliphatic rings. The summed E-state index contributed by atoms with van der Waals surface area (Å²) in [5.41, 5.74) is 22.6. The Morgan fingerprint density at radius 2 is 0.800 bits per heavy atom. The van der Waals surface area contributed by atoms with E-state index >= 15 is 0 Å². The first-order valence-electron chi connectivity index (χ1n) is 24.9. The predicted molar refractivity (Wildman–Crippen MR) is 280 cm³/mol. The highest BCUT2D eigenvalue weighted by Gasteiger charge is 2.45. The summed E-state index contributed by atoms with van der Waals surface area (Å²) >= 11 is 0. The highest BCUT2D eigenvalue weighted by Crippen LogP contribution is 2.49. The molecule has 0 aromatic heterocycles. The third-order valence-corrected chi connectivity index (χ3v) is 15.5. The molecule has 11 rings (SSSR count). The van der Waals surface area contributed by atoms with Crippen LogP contribution in [0.1, 0.15) is 140 Å². The molecule has 0 atom stereocenters. The molecule has 2 saturated carbocycles. The minimum atomic E-state index is -0.0947. The lowest BCUT2D eigenvalue weighted by molar-refractivity contribution is 0.443. The molecule has 0 saturated heterocycles. The third-order valence-electron chi connectivity index (χ3n) is 15.5. The van der Waals surface area contributed by atoms with Gasteiger partial charge in [-0.25, -0.2) is 0 Å². The monoisotopic (exact) mass is 849 g/mol. The second kappa shape index (κ2) is 16.6. The minimum Gasteiger partial charge on any atom is -0.311 e. The number of benzene rings is 7. The minimum absolute atomic E-state index is 0.0265. The normalized spacial score (nSPS) is 16.6. The van der Waals surface area contributed by atoms with E-state index in [2.05, 4.69) is 203 Å². The molecule has 0 N–H and O–H groups in total. The summed E-state index contributed by atoms with van der Waals surface area (Å²) in [7, 11) is 0. The fraction of sp³-hybridized carbons (Fsp3) is 0.323. The highest BCUT2D eigenvalue weighted by molar-refractivity contribution is 7.00. The van der Waals surface area contributed by atoms with Gasteiger partial charge < -0.3 is 9.80 Å². The standard InChI is InChI=1S/C62H65BN2/c1-61(2,3)52-40-54-58(38-50(52)44-26-15-9-16-27-44)64(48-32-19-30-46(36-48)42-22-11-7-12-23-42)56-34-21-35-57-60(56)63(54)55-41-53(62(4,5)6)51(45-28-17-10-18-29-45)39-59(55)65(57)49-33-20-31-47(37-49)43-24-13-8-14-25-43/h9-10,15-21,26-43H,7-8,11-14,22-25H2,1-6H3. The van der Waals surface area contributed by atoms with Gasteiger partial charge in [-0.15, -0.1) is 0 Å². The van der Waals surface area contributed by atoms with Gasteiger partial charge in [0.1, 0.15) is 0 Å². The van der Waals surface area contributed by atoms with Crippen molar-refractivity contribution < 1.29 is 0 Å². The zero-order chi connectivity index (χ0) is 44.5. The molecule has 7 aromatic rings. The number of anilines is 6. The van der Waals surface area contributed by atoms with E-state index in [1.807, 2.05) is 0 Å². The van der Waals surface area contributed by atoms with Gasteiger partial charge in [0.15, 0.2) is 0 Å². The summed E-state index contributed by atoms with van der Waals surface area (Å²) in [5.74, 6) is 1.23. The van der Waals surface area contributed by atoms with Crippen molar-refractivity contribution in [2.75, 3.05) is 9.80 Å². The molecule has 65 heavy (non-hydrogen) atoms. The summed E-state index contributed by atoms with van der Waals surface area (Å²) in [6, 6.07) is 59.2. The Bertz CT molecular complexity index is 2680. The molecule has 0 amide bonds. The van der Waals surface area contributed by atoms with Crippen molar-refractivity contribution >= 4 is 57.2 Å². The second-order valence-electron chi connectivity index (χ2n) is 21.8. The van der Waals surface area contributed by atoms with E-state index in [0.29, 0.717) is 11.8 Å². The molecule has 0 radical (unpaired) electrons. The smallest absolute Gasteiger partial charge is 0.252 e. The summed E-state index contributed by atoms with van der Waals surface area (Å²) in [6.07, 6.45) is 13.1. The molecule has 7 aromatic carbocycles. The first-order valence-corrected chi connectivity index (χ1v) is 24.9. The van der Waals surface area contributed by atoms with E-state index in [4.69, 9.17) is 0 Å². The third kappa shape index (κ3) is 7.54. The fourth-order valence-electron chi connectivity index (χ4n) is 12.2. The van der Waals surface area contributed by atoms with Gasteiger partial charge >= 0.3 is 0 Å². The van der Waals surface area contributed by atoms with Gasteiger partial charge in [0.2, 0.25) is 0 Å². The molecule has 0 bridgehead atoms. The van der Waals surface area contributed by atoms with Crippen molar-refractivity contribution in [1.82, 2.24) is 0 Å². The molecule has 0 spiro atoms. The lowest BCUT2D eigenvalue weighted by atomic mass is 9.33. The van der Waals surface area contributed by atoms with Gasteiger partial charge in [0.25, 0.3) is 6.71 Å². The Morgan fingerprint density at radius 1 is 0.400 bits per heavy atom. The summed E-state index contributed by atoms with van der Waals surface area (Å²) in [5, 5.41) is 0. The predicted octanol–water partition coefficient (Wildman–Crippen LogP) is 15.8. The SMILES string of the molecule is CC(C)(C)c1cc2c(cc1-c1ccccc1)N(c1cccc(C3CCCCC3)c1)c1cccc3c1B2c1cc(C(C)(C)C)c(-c2ccccc2)cc1N3c1cccc(C2CCCCC2)c1.